The van der Waals surface area contributed by atoms with Crippen LogP contribution in [0.15, 0.2) is 66.7 Å². The molecule has 0 saturated heterocycles. The van der Waals surface area contributed by atoms with Gasteiger partial charge in [-0.3, -0.25) is 14.4 Å². The molecule has 0 aromatic heterocycles. The number of amides is 1. The van der Waals surface area contributed by atoms with E-state index in [4.69, 9.17) is 16.3 Å². The maximum atomic E-state index is 14.2. The van der Waals surface area contributed by atoms with E-state index in [1.807, 2.05) is 6.07 Å². The topological polar surface area (TPSA) is 72.5 Å². The van der Waals surface area contributed by atoms with Gasteiger partial charge in [0.05, 0.1) is 28.6 Å². The summed E-state index contributed by atoms with van der Waals surface area (Å²) in [4.78, 5) is 38.1. The third-order valence-electron chi connectivity index (χ3n) is 5.64. The Morgan fingerprint density at radius 3 is 2.52 bits per heavy atom. The van der Waals surface area contributed by atoms with Crippen molar-refractivity contribution < 1.29 is 23.5 Å². The first kappa shape index (κ1) is 22.7. The average Bonchev–Trinajstić information content (AvgIpc) is 3.11. The number of hydrogen-bond acceptors (Lipinski definition) is 4. The van der Waals surface area contributed by atoms with Gasteiger partial charge in [-0.05, 0) is 35.7 Å². The van der Waals surface area contributed by atoms with Crippen LogP contribution in [0.2, 0.25) is 5.02 Å². The fraction of sp³-hybridized carbons (Fsp3) is 0.192. The van der Waals surface area contributed by atoms with Gasteiger partial charge in [0.1, 0.15) is 11.6 Å². The maximum Gasteiger partial charge on any atom is 0.313 e. The monoisotopic (exact) mass is 465 g/mol. The van der Waals surface area contributed by atoms with Crippen molar-refractivity contribution in [2.75, 3.05) is 0 Å². The lowest BCUT2D eigenvalue weighted by Crippen LogP contribution is -2.31. The maximum absolute atomic E-state index is 14.2. The normalized spacial score (nSPS) is 15.6. The Hall–Kier alpha value is -3.51. The minimum atomic E-state index is -0.703. The van der Waals surface area contributed by atoms with E-state index in [2.05, 4.69) is 5.32 Å². The highest BCUT2D eigenvalue weighted by atomic mass is 35.5. The quantitative estimate of drug-likeness (QED) is 0.378. The van der Waals surface area contributed by atoms with Crippen LogP contribution in [0.3, 0.4) is 0 Å². The lowest BCUT2D eigenvalue weighted by Gasteiger charge is -2.19. The number of nitrogens with one attached hydrogen (secondary N) is 1. The van der Waals surface area contributed by atoms with E-state index in [9.17, 15) is 18.8 Å². The first-order valence-electron chi connectivity index (χ1n) is 10.5. The molecule has 33 heavy (non-hydrogen) atoms. The molecule has 1 amide bonds. The lowest BCUT2D eigenvalue weighted by atomic mass is 10.0. The SMILES string of the molecule is CC1CC(=O)c2c(OC(=O)CC(NC(=O)c3ccccc3Cl)c3ccccc3)ccc(F)c21. The highest BCUT2D eigenvalue weighted by Gasteiger charge is 2.33. The number of carbonyl (C=O) groups is 3. The van der Waals surface area contributed by atoms with Crippen LogP contribution >= 0.6 is 11.6 Å². The van der Waals surface area contributed by atoms with Gasteiger partial charge in [-0.1, -0.05) is 61.0 Å². The summed E-state index contributed by atoms with van der Waals surface area (Å²) in [5.74, 6) is -2.09. The summed E-state index contributed by atoms with van der Waals surface area (Å²) in [6.07, 6.45) is -0.0303. The van der Waals surface area contributed by atoms with Crippen LogP contribution in [0, 0.1) is 5.82 Å². The number of ketones is 1. The highest BCUT2D eigenvalue weighted by molar-refractivity contribution is 6.33. The second kappa shape index (κ2) is 9.55. The number of carbonyl (C=O) groups excluding carboxylic acids is 3. The summed E-state index contributed by atoms with van der Waals surface area (Å²) < 4.78 is 19.7. The van der Waals surface area contributed by atoms with Crippen LogP contribution in [-0.2, 0) is 4.79 Å². The summed E-state index contributed by atoms with van der Waals surface area (Å²) >= 11 is 6.14. The Balaban J connectivity index is 1.57. The van der Waals surface area contributed by atoms with E-state index >= 15 is 0 Å². The van der Waals surface area contributed by atoms with E-state index in [0.717, 1.165) is 0 Å². The third kappa shape index (κ3) is 4.81. The molecule has 1 aliphatic rings. The fourth-order valence-electron chi connectivity index (χ4n) is 4.06. The average molecular weight is 466 g/mol. The van der Waals surface area contributed by atoms with Gasteiger partial charge >= 0.3 is 5.97 Å². The van der Waals surface area contributed by atoms with E-state index in [1.165, 1.54) is 12.1 Å². The molecule has 3 aromatic rings. The Bertz CT molecular complexity index is 1230. The smallest absolute Gasteiger partial charge is 0.313 e. The van der Waals surface area contributed by atoms with Crippen LogP contribution in [0.4, 0.5) is 4.39 Å². The molecule has 7 heteroatoms. The van der Waals surface area contributed by atoms with Crippen LogP contribution in [-0.4, -0.2) is 17.7 Å². The van der Waals surface area contributed by atoms with Gasteiger partial charge in [0.25, 0.3) is 5.91 Å². The van der Waals surface area contributed by atoms with Crippen molar-refractivity contribution in [2.45, 2.75) is 31.7 Å². The second-order valence-corrected chi connectivity index (χ2v) is 8.36. The molecule has 3 aromatic carbocycles. The molecule has 1 aliphatic carbocycles. The zero-order valence-corrected chi connectivity index (χ0v) is 18.6. The molecule has 168 valence electrons. The Kier molecular flexibility index (Phi) is 6.56. The Morgan fingerprint density at radius 1 is 1.09 bits per heavy atom. The van der Waals surface area contributed by atoms with Gasteiger partial charge in [0, 0.05) is 12.0 Å². The molecule has 0 saturated carbocycles. The molecule has 0 fully saturated rings. The van der Waals surface area contributed by atoms with E-state index in [1.54, 1.807) is 55.5 Å². The van der Waals surface area contributed by atoms with Crippen LogP contribution in [0.5, 0.6) is 5.75 Å². The van der Waals surface area contributed by atoms with Gasteiger partial charge in [0.2, 0.25) is 0 Å². The fourth-order valence-corrected chi connectivity index (χ4v) is 4.28. The number of fused-ring (bicyclic) bond motifs is 1. The standard InChI is InChI=1S/C26H21ClFNO4/c1-15-13-21(30)25-22(12-11-19(28)24(15)25)33-23(31)14-20(16-7-3-2-4-8-16)29-26(32)17-9-5-6-10-18(17)27/h2-12,15,20H,13-14H2,1H3,(H,29,32). The number of benzene rings is 3. The van der Waals surface area contributed by atoms with Crippen molar-refractivity contribution >= 4 is 29.3 Å². The minimum absolute atomic E-state index is 0.0370. The molecular weight excluding hydrogens is 445 g/mol. The summed E-state index contributed by atoms with van der Waals surface area (Å²) in [7, 11) is 0. The van der Waals surface area contributed by atoms with Crippen LogP contribution in [0.1, 0.15) is 63.6 Å². The molecule has 0 heterocycles. The predicted molar refractivity (Wildman–Crippen MR) is 122 cm³/mol. The summed E-state index contributed by atoms with van der Waals surface area (Å²) in [6, 6.07) is 17.4. The minimum Gasteiger partial charge on any atom is -0.426 e. The number of Topliss-reactive ketones (excluding diaryl/α,β-unsaturated/α-hetero) is 1. The molecule has 0 aliphatic heterocycles. The zero-order valence-electron chi connectivity index (χ0n) is 17.8. The van der Waals surface area contributed by atoms with Gasteiger partial charge in [-0.25, -0.2) is 4.39 Å². The van der Waals surface area contributed by atoms with Crippen LogP contribution in [0.25, 0.3) is 0 Å². The van der Waals surface area contributed by atoms with Crippen molar-refractivity contribution in [2.24, 2.45) is 0 Å². The third-order valence-corrected chi connectivity index (χ3v) is 5.97. The highest BCUT2D eigenvalue weighted by Crippen LogP contribution is 2.40. The zero-order chi connectivity index (χ0) is 23.5. The molecule has 0 bridgehead atoms. The van der Waals surface area contributed by atoms with E-state index < -0.39 is 23.7 Å². The molecule has 5 nitrogen and oxygen atoms in total. The Labute approximate surface area is 195 Å². The van der Waals surface area contributed by atoms with Crippen molar-refractivity contribution in [3.8, 4) is 5.75 Å². The molecule has 0 radical (unpaired) electrons. The number of esters is 1. The van der Waals surface area contributed by atoms with Crippen molar-refractivity contribution in [1.29, 1.82) is 0 Å². The summed E-state index contributed by atoms with van der Waals surface area (Å²) in [5, 5.41) is 3.12. The number of hydrogen-bond donors (Lipinski definition) is 1. The lowest BCUT2D eigenvalue weighted by molar-refractivity contribution is -0.134. The molecule has 2 atom stereocenters. The van der Waals surface area contributed by atoms with Gasteiger partial charge < -0.3 is 10.1 Å². The van der Waals surface area contributed by atoms with E-state index in [0.29, 0.717) is 10.6 Å². The summed E-state index contributed by atoms with van der Waals surface area (Å²) in [5.41, 5.74) is 1.37. The van der Waals surface area contributed by atoms with Crippen molar-refractivity contribution in [3.63, 3.8) is 0 Å². The van der Waals surface area contributed by atoms with E-state index in [-0.39, 0.29) is 47.0 Å². The molecular formula is C26H21ClFNO4. The number of rotatable bonds is 6. The van der Waals surface area contributed by atoms with Crippen molar-refractivity contribution in [3.05, 3.63) is 99.8 Å². The van der Waals surface area contributed by atoms with Gasteiger partial charge in [0.15, 0.2) is 5.78 Å². The first-order valence-corrected chi connectivity index (χ1v) is 10.9. The van der Waals surface area contributed by atoms with Gasteiger partial charge in [-0.2, -0.15) is 0 Å². The molecule has 1 N–H and O–H groups in total. The number of halogens is 2. The largest absolute Gasteiger partial charge is 0.426 e. The van der Waals surface area contributed by atoms with Gasteiger partial charge in [-0.15, -0.1) is 0 Å². The first-order chi connectivity index (χ1) is 15.8. The number of ether oxygens (including phenoxy) is 1. The predicted octanol–water partition coefficient (Wildman–Crippen LogP) is 5.64. The Morgan fingerprint density at radius 2 is 1.79 bits per heavy atom. The van der Waals surface area contributed by atoms with Crippen molar-refractivity contribution in [1.82, 2.24) is 5.32 Å². The molecule has 4 rings (SSSR count). The molecule has 2 unspecified atom stereocenters. The van der Waals surface area contributed by atoms with Crippen LogP contribution < -0.4 is 10.1 Å². The molecule has 0 spiro atoms. The summed E-state index contributed by atoms with van der Waals surface area (Å²) in [6.45, 7) is 1.76. The second-order valence-electron chi connectivity index (χ2n) is 7.96.